The highest BCUT2D eigenvalue weighted by Crippen LogP contribution is 2.69. The lowest BCUT2D eigenvalue weighted by atomic mass is 9.42. The molecule has 34 heavy (non-hydrogen) atoms. The van der Waals surface area contributed by atoms with Crippen LogP contribution in [-0.4, -0.2) is 71.5 Å². The van der Waals surface area contributed by atoms with Crippen molar-refractivity contribution in [3.63, 3.8) is 0 Å². The number of aliphatic hydroxyl groups is 6. The summed E-state index contributed by atoms with van der Waals surface area (Å²) in [6, 6.07) is 0. The molecule has 7 heteroatoms. The van der Waals surface area contributed by atoms with Crippen LogP contribution in [0.4, 0.5) is 0 Å². The third-order valence-corrected chi connectivity index (χ3v) is 11.1. The summed E-state index contributed by atoms with van der Waals surface area (Å²) in [5.74, 6) is -0.796. The maximum Gasteiger partial charge on any atom is 0.137 e. The number of hydrogen-bond donors (Lipinski definition) is 6. The molecule has 11 atom stereocenters. The first-order valence-corrected chi connectivity index (χ1v) is 13.2. The van der Waals surface area contributed by atoms with Gasteiger partial charge in [-0.3, -0.25) is 4.79 Å². The van der Waals surface area contributed by atoms with Crippen molar-refractivity contribution in [1.82, 2.24) is 0 Å². The van der Waals surface area contributed by atoms with Crippen molar-refractivity contribution in [3.8, 4) is 0 Å². The van der Waals surface area contributed by atoms with Crippen molar-refractivity contribution >= 4 is 5.78 Å². The van der Waals surface area contributed by atoms with E-state index in [9.17, 15) is 35.4 Å². The summed E-state index contributed by atoms with van der Waals surface area (Å²) < 4.78 is 0. The van der Waals surface area contributed by atoms with Gasteiger partial charge in [-0.25, -0.2) is 0 Å². The average molecular weight is 483 g/mol. The van der Waals surface area contributed by atoms with Gasteiger partial charge in [0, 0.05) is 17.8 Å². The Balaban J connectivity index is 1.62. The Hall–Kier alpha value is -0.570. The van der Waals surface area contributed by atoms with Crippen LogP contribution < -0.4 is 0 Å². The fourth-order valence-corrected chi connectivity index (χ4v) is 8.98. The van der Waals surface area contributed by atoms with Crippen LogP contribution in [0.15, 0.2) is 0 Å². The summed E-state index contributed by atoms with van der Waals surface area (Å²) in [7, 11) is 0. The van der Waals surface area contributed by atoms with Crippen LogP contribution in [-0.2, 0) is 4.79 Å². The first-order chi connectivity index (χ1) is 15.5. The molecule has 2 unspecified atom stereocenters. The Kier molecular flexibility index (Phi) is 6.40. The minimum atomic E-state index is -1.44. The second-order valence-electron chi connectivity index (χ2n) is 13.6. The number of aliphatic hydroxyl groups excluding tert-OH is 3. The van der Waals surface area contributed by atoms with Crippen LogP contribution >= 0.6 is 0 Å². The largest absolute Gasteiger partial charge is 0.390 e. The predicted octanol–water partition coefficient (Wildman–Crippen LogP) is 1.93. The van der Waals surface area contributed by atoms with E-state index in [1.54, 1.807) is 20.8 Å². The molecule has 4 saturated carbocycles. The second kappa shape index (κ2) is 8.22. The van der Waals surface area contributed by atoms with Crippen molar-refractivity contribution in [2.75, 3.05) is 0 Å². The van der Waals surface area contributed by atoms with E-state index in [1.165, 1.54) is 0 Å². The topological polar surface area (TPSA) is 138 Å². The predicted molar refractivity (Wildman–Crippen MR) is 127 cm³/mol. The van der Waals surface area contributed by atoms with Gasteiger partial charge in [0.2, 0.25) is 0 Å². The molecular weight excluding hydrogens is 436 g/mol. The van der Waals surface area contributed by atoms with E-state index >= 15 is 0 Å². The fraction of sp³-hybridized carbons (Fsp3) is 0.963. The molecule has 0 aromatic rings. The molecule has 0 radical (unpaired) electrons. The average Bonchev–Trinajstić information content (AvgIpc) is 3.00. The minimum absolute atomic E-state index is 0.0548. The number of ketones is 1. The van der Waals surface area contributed by atoms with Crippen LogP contribution in [0, 0.1) is 34.5 Å². The summed E-state index contributed by atoms with van der Waals surface area (Å²) in [4.78, 5) is 13.3. The maximum atomic E-state index is 13.3. The van der Waals surface area contributed by atoms with Crippen LogP contribution in [0.5, 0.6) is 0 Å². The van der Waals surface area contributed by atoms with Crippen LogP contribution in [0.2, 0.25) is 0 Å². The molecule has 0 amide bonds. The van der Waals surface area contributed by atoms with E-state index in [2.05, 4.69) is 6.92 Å². The molecule has 0 saturated heterocycles. The van der Waals surface area contributed by atoms with Crippen molar-refractivity contribution in [3.05, 3.63) is 0 Å². The van der Waals surface area contributed by atoms with Gasteiger partial charge in [-0.15, -0.1) is 0 Å². The molecule has 0 aromatic heterocycles. The molecule has 196 valence electrons. The molecular formula is C27H46O7. The van der Waals surface area contributed by atoms with E-state index in [4.69, 9.17) is 0 Å². The monoisotopic (exact) mass is 482 g/mol. The Bertz CT molecular complexity index is 805. The number of fused-ring (bicyclic) bond motifs is 5. The standard InChI is InChI=1S/C27H46O7/c1-23(2,32)9-8-22(31)26(5,33)21-7-11-27(34)16-12-18(28)17-13-19(29)20(30)14-24(17,3)15(16)6-10-25(21,27)4/h15-17,19-22,29-34H,6-14H2,1-5H3/t15?,16?,17-,19+,20-,21-,22+,24+,25+,26+,27+/m0/s1. The lowest BCUT2D eigenvalue weighted by Gasteiger charge is -2.64. The summed E-state index contributed by atoms with van der Waals surface area (Å²) in [6.45, 7) is 9.08. The first kappa shape index (κ1) is 26.5. The minimum Gasteiger partial charge on any atom is -0.390 e. The van der Waals surface area contributed by atoms with Crippen LogP contribution in [0.3, 0.4) is 0 Å². The molecule has 0 aromatic carbocycles. The van der Waals surface area contributed by atoms with E-state index in [1.807, 2.05) is 6.92 Å². The Morgan fingerprint density at radius 1 is 1.03 bits per heavy atom. The maximum absolute atomic E-state index is 13.3. The highest BCUT2D eigenvalue weighted by Gasteiger charge is 2.71. The molecule has 4 aliphatic rings. The van der Waals surface area contributed by atoms with Gasteiger partial charge in [0.1, 0.15) is 5.78 Å². The van der Waals surface area contributed by atoms with E-state index < -0.39 is 45.9 Å². The lowest BCUT2D eigenvalue weighted by molar-refractivity contribution is -0.232. The van der Waals surface area contributed by atoms with Crippen molar-refractivity contribution in [2.45, 2.75) is 128 Å². The number of hydrogen-bond acceptors (Lipinski definition) is 7. The molecule has 0 spiro atoms. The van der Waals surface area contributed by atoms with E-state index in [0.29, 0.717) is 32.1 Å². The van der Waals surface area contributed by atoms with Gasteiger partial charge in [-0.2, -0.15) is 0 Å². The van der Waals surface area contributed by atoms with E-state index in [-0.39, 0.29) is 48.7 Å². The second-order valence-corrected chi connectivity index (χ2v) is 13.6. The number of carbonyl (C=O) groups excluding carboxylic acids is 1. The zero-order valence-electron chi connectivity index (χ0n) is 21.5. The Morgan fingerprint density at radius 2 is 1.68 bits per heavy atom. The number of Topliss-reactive ketones (excluding diaryl/α,β-unsaturated/α-hetero) is 1. The van der Waals surface area contributed by atoms with Crippen molar-refractivity contribution in [1.29, 1.82) is 0 Å². The molecule has 4 aliphatic carbocycles. The molecule has 6 N–H and O–H groups in total. The zero-order valence-corrected chi connectivity index (χ0v) is 21.5. The first-order valence-electron chi connectivity index (χ1n) is 13.2. The van der Waals surface area contributed by atoms with Crippen molar-refractivity contribution < 1.29 is 35.4 Å². The summed E-state index contributed by atoms with van der Waals surface area (Å²) >= 11 is 0. The number of carbonyl (C=O) groups is 1. The third-order valence-electron chi connectivity index (χ3n) is 11.1. The molecule has 0 heterocycles. The summed E-state index contributed by atoms with van der Waals surface area (Å²) in [6.07, 6.45) is 1.18. The highest BCUT2D eigenvalue weighted by atomic mass is 16.3. The zero-order chi connectivity index (χ0) is 25.5. The summed E-state index contributed by atoms with van der Waals surface area (Å²) in [5, 5.41) is 65.6. The number of rotatable bonds is 5. The molecule has 0 bridgehead atoms. The Labute approximate surface area is 203 Å². The fourth-order valence-electron chi connectivity index (χ4n) is 8.98. The third kappa shape index (κ3) is 3.81. The van der Waals surface area contributed by atoms with Crippen LogP contribution in [0.25, 0.3) is 0 Å². The SMILES string of the molecule is CC(C)(O)CC[C@@H](O)[C@](C)(O)[C@H]1CC[C@@]2(O)C3CC(=O)[C@@H]4C[C@@H](O)[C@@H](O)C[C@]4(C)C3CC[C@]12C. The van der Waals surface area contributed by atoms with Gasteiger partial charge in [0.05, 0.1) is 35.1 Å². The molecule has 4 fully saturated rings. The molecule has 4 rings (SSSR count). The highest BCUT2D eigenvalue weighted by molar-refractivity contribution is 5.83. The van der Waals surface area contributed by atoms with Crippen LogP contribution in [0.1, 0.15) is 92.4 Å². The van der Waals surface area contributed by atoms with E-state index in [0.717, 1.165) is 6.42 Å². The molecule has 7 nitrogen and oxygen atoms in total. The molecule has 0 aliphatic heterocycles. The lowest BCUT2D eigenvalue weighted by Crippen LogP contribution is -2.66. The van der Waals surface area contributed by atoms with Gasteiger partial charge >= 0.3 is 0 Å². The van der Waals surface area contributed by atoms with Gasteiger partial charge in [0.15, 0.2) is 0 Å². The normalized spacial score (nSPS) is 49.6. The smallest absolute Gasteiger partial charge is 0.137 e. The Morgan fingerprint density at radius 3 is 2.29 bits per heavy atom. The quantitative estimate of drug-likeness (QED) is 0.352. The summed E-state index contributed by atoms with van der Waals surface area (Å²) in [5.41, 5.74) is -4.66. The van der Waals surface area contributed by atoms with Gasteiger partial charge in [-0.05, 0) is 95.3 Å². The van der Waals surface area contributed by atoms with Gasteiger partial charge in [-0.1, -0.05) is 13.8 Å². The van der Waals surface area contributed by atoms with Gasteiger partial charge < -0.3 is 30.6 Å². The van der Waals surface area contributed by atoms with Gasteiger partial charge in [0.25, 0.3) is 0 Å². The van der Waals surface area contributed by atoms with Crippen molar-refractivity contribution in [2.24, 2.45) is 34.5 Å².